The van der Waals surface area contributed by atoms with Crippen molar-refractivity contribution in [1.29, 1.82) is 0 Å². The van der Waals surface area contributed by atoms with Gasteiger partial charge in [-0.25, -0.2) is 28.5 Å². The van der Waals surface area contributed by atoms with Crippen LogP contribution in [-0.2, 0) is 154 Å². The summed E-state index contributed by atoms with van der Waals surface area (Å²) in [6.07, 6.45) is 9.41. The van der Waals surface area contributed by atoms with Crippen LogP contribution in [0.15, 0.2) is 332 Å². The predicted octanol–water partition coefficient (Wildman–Crippen LogP) is 17.7. The summed E-state index contributed by atoms with van der Waals surface area (Å²) in [5.41, 5.74) is 13.2. The molecule has 20 rings (SSSR count). The highest BCUT2D eigenvalue weighted by Crippen LogP contribution is 2.31. The molecule has 27 heteroatoms. The van der Waals surface area contributed by atoms with E-state index in [0.717, 1.165) is 114 Å². The number of rotatable bonds is 31. The molecule has 0 radical (unpaired) electrons. The Labute approximate surface area is 865 Å². The lowest BCUT2D eigenvalue weighted by atomic mass is 9.98. The largest absolute Gasteiger partial charge is 0.497 e. The van der Waals surface area contributed by atoms with Gasteiger partial charge in [0, 0.05) is 106 Å². The highest BCUT2D eigenvalue weighted by atomic mass is 16.5. The van der Waals surface area contributed by atoms with Gasteiger partial charge in [0.25, 0.3) is 33.4 Å². The number of nitrogens with one attached hydrogen (secondary N) is 1. The molecule has 0 amide bonds. The average molecular weight is 2000 g/mol. The molecular formula is C123H118N12O15. The number of nitrogens with zero attached hydrogens (tertiary/aromatic N) is 11. The smallest absolute Gasteiger partial charge is 0.274 e. The normalized spacial score (nSPS) is 11.3. The van der Waals surface area contributed by atoms with E-state index < -0.39 is 0 Å². The molecule has 27 nitrogen and oxygen atoms in total. The monoisotopic (exact) mass is 2000 g/mol. The Balaban J connectivity index is 0.000000135. The third kappa shape index (κ3) is 27.2. The van der Waals surface area contributed by atoms with Gasteiger partial charge >= 0.3 is 0 Å². The van der Waals surface area contributed by atoms with Crippen molar-refractivity contribution in [2.24, 2.45) is 35.2 Å². The summed E-state index contributed by atoms with van der Waals surface area (Å²) in [7, 11) is 12.9. The van der Waals surface area contributed by atoms with Crippen LogP contribution in [0.3, 0.4) is 0 Å². The first-order valence-corrected chi connectivity index (χ1v) is 49.9. The lowest BCUT2D eigenvalue weighted by molar-refractivity contribution is -0.119. The lowest BCUT2D eigenvalue weighted by Gasteiger charge is -2.10. The van der Waals surface area contributed by atoms with Gasteiger partial charge in [0.1, 0.15) is 40.4 Å². The van der Waals surface area contributed by atoms with Crippen molar-refractivity contribution in [2.45, 2.75) is 135 Å². The topological polar surface area (TPSA) is 350 Å². The molecule has 0 atom stereocenters. The van der Waals surface area contributed by atoms with E-state index in [-0.39, 0.29) is 107 Å². The molecule has 1 N–H and O–H groups in total. The number of ketones is 6. The van der Waals surface area contributed by atoms with E-state index in [2.05, 4.69) is 79.9 Å². The van der Waals surface area contributed by atoms with E-state index in [1.807, 2.05) is 231 Å². The molecule has 1 aliphatic rings. The summed E-state index contributed by atoms with van der Waals surface area (Å²) in [6.45, 7) is 4.30. The molecule has 0 bridgehead atoms. The Morgan fingerprint density at radius 2 is 0.647 bits per heavy atom. The minimum Gasteiger partial charge on any atom is -0.497 e. The molecule has 0 saturated heterocycles. The first kappa shape index (κ1) is 107. The lowest BCUT2D eigenvalue weighted by Crippen LogP contribution is -2.22. The first-order chi connectivity index (χ1) is 72.5. The first-order valence-electron chi connectivity index (χ1n) is 49.9. The summed E-state index contributed by atoms with van der Waals surface area (Å²) in [5.74, 6) is 3.19. The maximum atomic E-state index is 12.7. The fourth-order valence-electron chi connectivity index (χ4n) is 18.7. The number of aromatic nitrogens is 12. The van der Waals surface area contributed by atoms with Crippen LogP contribution in [0, 0.1) is 0 Å². The minimum absolute atomic E-state index is 0.0523. The summed E-state index contributed by atoms with van der Waals surface area (Å²) >= 11 is 0. The number of carbonyl (C=O) groups excluding carboxylic acids is 6. The molecule has 6 aromatic heterocycles. The fourth-order valence-corrected chi connectivity index (χ4v) is 18.7. The van der Waals surface area contributed by atoms with Crippen molar-refractivity contribution in [2.75, 3.05) is 21.3 Å². The van der Waals surface area contributed by atoms with E-state index in [9.17, 15) is 57.5 Å². The number of Topliss-reactive ketones (excluding diaryl/α,β-unsaturated/α-hetero) is 6. The maximum absolute atomic E-state index is 12.7. The second-order valence-corrected chi connectivity index (χ2v) is 37.5. The van der Waals surface area contributed by atoms with Gasteiger partial charge in [0.05, 0.1) is 126 Å². The van der Waals surface area contributed by atoms with Crippen molar-refractivity contribution in [3.05, 3.63) is 450 Å². The molecule has 0 spiro atoms. The van der Waals surface area contributed by atoms with Gasteiger partial charge in [-0.05, 0) is 166 Å². The summed E-state index contributed by atoms with van der Waals surface area (Å²) in [4.78, 5) is 148. The Kier molecular flexibility index (Phi) is 35.9. The molecule has 1 aliphatic carbocycles. The van der Waals surface area contributed by atoms with Gasteiger partial charge in [0.2, 0.25) is 0 Å². The predicted molar refractivity (Wildman–Crippen MR) is 588 cm³/mol. The van der Waals surface area contributed by atoms with Crippen LogP contribution in [0.4, 0.5) is 0 Å². The van der Waals surface area contributed by atoms with E-state index in [0.29, 0.717) is 122 Å². The zero-order chi connectivity index (χ0) is 106. The third-order valence-electron chi connectivity index (χ3n) is 26.5. The van der Waals surface area contributed by atoms with Gasteiger partial charge in [0.15, 0.2) is 11.5 Å². The Morgan fingerprint density at radius 3 is 1.09 bits per heavy atom. The van der Waals surface area contributed by atoms with Crippen molar-refractivity contribution in [3.8, 4) is 17.2 Å². The second-order valence-electron chi connectivity index (χ2n) is 37.5. The summed E-state index contributed by atoms with van der Waals surface area (Å²) in [5, 5.41) is 38.3. The van der Waals surface area contributed by atoms with Crippen LogP contribution in [-0.4, -0.2) is 115 Å². The number of fused-ring (bicyclic) bond motifs is 8. The number of aryl methyl sites for hydroxylation is 9. The molecule has 0 aliphatic heterocycles. The quantitative estimate of drug-likeness (QED) is 0.0422. The number of carbonyl (C=O) groups is 6. The molecule has 0 unspecified atom stereocenters. The van der Waals surface area contributed by atoms with Crippen LogP contribution in [0.1, 0.15) is 130 Å². The van der Waals surface area contributed by atoms with Crippen molar-refractivity contribution in [1.82, 2.24) is 59.1 Å². The molecule has 0 fully saturated rings. The third-order valence-corrected chi connectivity index (χ3v) is 26.5. The van der Waals surface area contributed by atoms with Crippen molar-refractivity contribution < 1.29 is 43.0 Å². The molecule has 0 saturated carbocycles. The Morgan fingerprint density at radius 1 is 0.293 bits per heavy atom. The molecule has 150 heavy (non-hydrogen) atoms. The number of hydrogen-bond donors (Lipinski definition) is 1. The van der Waals surface area contributed by atoms with E-state index in [1.165, 1.54) is 46.5 Å². The average Bonchev–Trinajstić information content (AvgIpc) is 1.12. The van der Waals surface area contributed by atoms with E-state index >= 15 is 0 Å². The van der Waals surface area contributed by atoms with Crippen LogP contribution in [0.25, 0.3) is 75.4 Å². The SMILES string of the molecule is CC(C)c1ccc(CC(=O)Cc2nn(C)c(=O)c3ccccc23)cc1.COc1ccc(CC(=O)Cc2nn(C)c(=O)c3ccccc23)cc1.COc1ccc(CCCC(=O)Cc2nn(C)c(=O)c3ccccc23)cc1OC.Cn1nc(CC(=O)Cc2ccc3c(c2)CCC3)c2ccccc2c1=O.Cn1nc(CC(=O)Cc2cccc3ccccc23)c2ccccc2c1=O.O=C(CCc1ccccc1)Cc1n[nH]c(=O)c2ccccc12. The molecular weight excluding hydrogens is 1890 g/mol. The van der Waals surface area contributed by atoms with Crippen LogP contribution >= 0.6 is 0 Å². The van der Waals surface area contributed by atoms with Crippen molar-refractivity contribution >= 4 is 110 Å². The van der Waals surface area contributed by atoms with Crippen molar-refractivity contribution in [3.63, 3.8) is 0 Å². The van der Waals surface area contributed by atoms with Gasteiger partial charge in [-0.2, -0.15) is 30.6 Å². The number of aromatic amines is 1. The molecule has 760 valence electrons. The summed E-state index contributed by atoms with van der Waals surface area (Å²) in [6, 6.07) is 95.6. The number of benzene rings is 13. The number of hydrogen-bond acceptors (Lipinski definition) is 21. The van der Waals surface area contributed by atoms with Gasteiger partial charge in [-0.15, -0.1) is 0 Å². The highest BCUT2D eigenvalue weighted by molar-refractivity contribution is 5.97. The van der Waals surface area contributed by atoms with Crippen LogP contribution < -0.4 is 47.6 Å². The molecule has 19 aromatic rings. The zero-order valence-corrected chi connectivity index (χ0v) is 85.7. The maximum Gasteiger partial charge on any atom is 0.274 e. The van der Waals surface area contributed by atoms with Crippen LogP contribution in [0.2, 0.25) is 0 Å². The van der Waals surface area contributed by atoms with Crippen LogP contribution in [0.5, 0.6) is 17.2 Å². The molecule has 13 aromatic carbocycles. The molecule has 6 heterocycles. The Hall–Kier alpha value is -17.6. The summed E-state index contributed by atoms with van der Waals surface area (Å²) < 4.78 is 22.2. The van der Waals surface area contributed by atoms with E-state index in [4.69, 9.17) is 14.2 Å². The second kappa shape index (κ2) is 50.5. The van der Waals surface area contributed by atoms with Gasteiger partial charge < -0.3 is 14.2 Å². The zero-order valence-electron chi connectivity index (χ0n) is 85.7. The Bertz CT molecular complexity index is 8620. The number of ether oxygens (including phenoxy) is 3. The van der Waals surface area contributed by atoms with Gasteiger partial charge in [-0.1, -0.05) is 257 Å². The minimum atomic E-state index is -0.226. The highest BCUT2D eigenvalue weighted by Gasteiger charge is 2.23. The van der Waals surface area contributed by atoms with E-state index in [1.54, 1.807) is 99.0 Å². The number of H-pyrrole nitrogens is 1. The van der Waals surface area contributed by atoms with Gasteiger partial charge in [-0.3, -0.25) is 57.5 Å². The standard InChI is InChI=1S/C22H24N2O4.C22H18N2O2.C21H20N2O2.C21H22N2O2.C19H18N2O3.C18H16N2O2/c1-24-22(26)18-10-5-4-9-17(18)19(23-24)14-16(25)8-6-7-15-11-12-20(27-2)21(13-15)28-3;1-24-22(26)20-12-5-4-11-19(20)21(23-24)14-17(25)13-16-9-6-8-15-7-2-3-10-18(15)16;1-23-21(25)19-8-3-2-7-18(19)20(22-23)13-17(24)12-14-9-10-15-5-4-6-16(15)11-14;1-14(2)16-10-8-15(9-11-16)12-17(24)13-20-18-6-4-5-7-19(18)21(25)23(3)22-20;1-21-19(23)17-6-4-3-5-16(17)18(20-21)12-14(22)11-13-7-9-15(24-2)10-8-13;21-14(11-10-13-6-2-1-3-7-13)12-17-15-8-4-5-9-16(15)18(22)20-19-17/h4-5,9-13H,6-8,14H2,1-3H3;2-12H,13-14H2,1H3;2-3,7-11H,4-6,12-13H2,1H3;4-11,14H,12-13H2,1-3H3;3-10H,11-12H2,1-2H3;1-9H,10-12H2,(H,20,22). The fraction of sp³-hybridized carbons (Fsp3) is 0.236. The number of methoxy groups -OCH3 is 3.